The quantitative estimate of drug-likeness (QED) is 0.403. The number of allylic oxidation sites excluding steroid dienone is 3. The van der Waals surface area contributed by atoms with Crippen molar-refractivity contribution in [3.05, 3.63) is 23.7 Å². The Hall–Kier alpha value is -0.290. The van der Waals surface area contributed by atoms with Gasteiger partial charge in [0, 0.05) is 5.44 Å². The molecule has 1 unspecified atom stereocenters. The summed E-state index contributed by atoms with van der Waals surface area (Å²) in [6.45, 7) is 1.95. The lowest BCUT2D eigenvalue weighted by atomic mass is 10.5. The molecule has 2 heteroatoms. The fourth-order valence-electron chi connectivity index (χ4n) is 0.207. The zero-order valence-electron chi connectivity index (χ0n) is 4.39. The van der Waals surface area contributed by atoms with Crippen molar-refractivity contribution in [1.29, 1.82) is 0 Å². The largest absolute Gasteiger partial charge is 0.399 e. The van der Waals surface area contributed by atoms with Gasteiger partial charge in [-0.2, -0.15) is 0 Å². The smallest absolute Gasteiger partial charge is 0.0254 e. The Morgan fingerprint density at radius 2 is 2.29 bits per heavy atom. The zero-order valence-corrected chi connectivity index (χ0v) is 5.54. The minimum absolute atomic E-state index is 0.762. The van der Waals surface area contributed by atoms with E-state index in [0.29, 0.717) is 0 Å². The molecule has 0 heterocycles. The summed E-state index contributed by atoms with van der Waals surface area (Å²) in [5, 5.41) is 0. The fraction of sp³-hybridized carbons (Fsp3) is 0.200. The molecule has 0 aliphatic heterocycles. The van der Waals surface area contributed by atoms with Crippen LogP contribution in [0, 0.1) is 0 Å². The van der Waals surface area contributed by atoms with Gasteiger partial charge in [0.05, 0.1) is 0 Å². The van der Waals surface area contributed by atoms with E-state index in [4.69, 9.17) is 5.73 Å². The van der Waals surface area contributed by atoms with E-state index < -0.39 is 0 Å². The molecule has 1 atom stereocenters. The summed E-state index contributed by atoms with van der Waals surface area (Å²) < 4.78 is 0. The van der Waals surface area contributed by atoms with Crippen LogP contribution in [0.4, 0.5) is 0 Å². The Labute approximate surface area is 46.5 Å². The summed E-state index contributed by atoms with van der Waals surface area (Å²) in [4.78, 5) is 0. The maximum absolute atomic E-state index is 5.25. The van der Waals surface area contributed by atoms with Gasteiger partial charge in [0.25, 0.3) is 0 Å². The molecule has 0 aliphatic carbocycles. The third-order valence-corrected chi connectivity index (χ3v) is 0.674. The van der Waals surface area contributed by atoms with Gasteiger partial charge in [-0.3, -0.25) is 0 Å². The molecule has 0 saturated heterocycles. The summed E-state index contributed by atoms with van der Waals surface area (Å²) in [7, 11) is 2.40. The van der Waals surface area contributed by atoms with Crippen LogP contribution in [0.5, 0.6) is 0 Å². The molecule has 0 aromatic heterocycles. The van der Waals surface area contributed by atoms with Crippen LogP contribution in [0.25, 0.3) is 0 Å². The van der Waals surface area contributed by atoms with E-state index in [1.54, 1.807) is 0 Å². The summed E-state index contributed by atoms with van der Waals surface area (Å²) in [6, 6.07) is 0. The number of rotatable bonds is 1. The Kier molecular flexibility index (Phi) is 3.72. The van der Waals surface area contributed by atoms with Gasteiger partial charge in [-0.15, -0.1) is 0 Å². The first-order valence-corrected chi connectivity index (χ1v) is 2.69. The molecule has 0 aromatic carbocycles. The van der Waals surface area contributed by atoms with E-state index in [1.807, 2.05) is 25.2 Å². The minimum atomic E-state index is 0.762. The highest BCUT2D eigenvalue weighted by atomic mass is 31.0. The van der Waals surface area contributed by atoms with Gasteiger partial charge in [0.1, 0.15) is 0 Å². The predicted octanol–water partition coefficient (Wildman–Crippen LogP) is 1.24. The molecule has 1 nitrogen and oxygen atoms in total. The highest BCUT2D eigenvalue weighted by Crippen LogP contribution is 1.93. The van der Waals surface area contributed by atoms with Gasteiger partial charge in [-0.25, -0.2) is 0 Å². The van der Waals surface area contributed by atoms with Crippen molar-refractivity contribution < 1.29 is 0 Å². The molecular weight excluding hydrogens is 105 g/mol. The predicted molar refractivity (Wildman–Crippen MR) is 36.8 cm³/mol. The molecule has 0 aromatic rings. The fourth-order valence-corrected chi connectivity index (χ4v) is 0.318. The summed E-state index contributed by atoms with van der Waals surface area (Å²) >= 11 is 0. The van der Waals surface area contributed by atoms with Gasteiger partial charge in [0.2, 0.25) is 0 Å². The van der Waals surface area contributed by atoms with Crippen molar-refractivity contribution in [1.82, 2.24) is 0 Å². The molecule has 0 bridgehead atoms. The Morgan fingerprint density at radius 3 is 2.43 bits per heavy atom. The van der Waals surface area contributed by atoms with Crippen LogP contribution < -0.4 is 5.73 Å². The van der Waals surface area contributed by atoms with E-state index >= 15 is 0 Å². The summed E-state index contributed by atoms with van der Waals surface area (Å²) in [5.41, 5.74) is 6.01. The van der Waals surface area contributed by atoms with Crippen molar-refractivity contribution in [2.75, 3.05) is 0 Å². The highest BCUT2D eigenvalue weighted by molar-refractivity contribution is 7.22. The van der Waals surface area contributed by atoms with Crippen LogP contribution in [0.1, 0.15) is 6.92 Å². The Bertz CT molecular complexity index is 90.3. The lowest BCUT2D eigenvalue weighted by molar-refractivity contribution is 1.54. The molecule has 0 saturated carbocycles. The van der Waals surface area contributed by atoms with Gasteiger partial charge in [0.15, 0.2) is 0 Å². The third-order valence-electron chi connectivity index (χ3n) is 0.481. The van der Waals surface area contributed by atoms with E-state index in [9.17, 15) is 0 Å². The molecule has 0 rings (SSSR count). The van der Waals surface area contributed by atoms with Crippen LogP contribution in [-0.4, -0.2) is 0 Å². The van der Waals surface area contributed by atoms with Gasteiger partial charge >= 0.3 is 0 Å². The molecule has 0 spiro atoms. The van der Waals surface area contributed by atoms with Crippen molar-refractivity contribution in [2.24, 2.45) is 5.73 Å². The molecule has 0 fully saturated rings. The summed E-state index contributed by atoms with van der Waals surface area (Å²) in [5.74, 6) is 0. The van der Waals surface area contributed by atoms with E-state index in [2.05, 4.69) is 9.24 Å². The average molecular weight is 115 g/mol. The first kappa shape index (κ1) is 6.71. The second-order valence-electron chi connectivity index (χ2n) is 1.19. The standard InChI is InChI=1S/C5H10NP/c1-2-3-4-5(6)7/h2-4H,6-7H2,1H3/b3-2-,5-4+. The van der Waals surface area contributed by atoms with Crippen LogP contribution >= 0.6 is 9.24 Å². The molecule has 2 N–H and O–H groups in total. The van der Waals surface area contributed by atoms with Crippen molar-refractivity contribution in [3.8, 4) is 0 Å². The second kappa shape index (κ2) is 3.89. The summed E-state index contributed by atoms with van der Waals surface area (Å²) in [6.07, 6.45) is 5.64. The highest BCUT2D eigenvalue weighted by Gasteiger charge is 1.65. The van der Waals surface area contributed by atoms with Crippen LogP contribution in [0.2, 0.25) is 0 Å². The van der Waals surface area contributed by atoms with Crippen LogP contribution in [0.3, 0.4) is 0 Å². The van der Waals surface area contributed by atoms with Crippen molar-refractivity contribution >= 4 is 9.24 Å². The number of hydrogen-bond donors (Lipinski definition) is 1. The number of nitrogens with two attached hydrogens (primary N) is 1. The maximum atomic E-state index is 5.25. The average Bonchev–Trinajstić information content (AvgIpc) is 1.61. The number of hydrogen-bond acceptors (Lipinski definition) is 1. The van der Waals surface area contributed by atoms with Crippen molar-refractivity contribution in [3.63, 3.8) is 0 Å². The van der Waals surface area contributed by atoms with Gasteiger partial charge in [-0.05, 0) is 13.0 Å². The van der Waals surface area contributed by atoms with E-state index in [0.717, 1.165) is 5.44 Å². The Balaban J connectivity index is 3.46. The van der Waals surface area contributed by atoms with Gasteiger partial charge in [-0.1, -0.05) is 21.4 Å². The van der Waals surface area contributed by atoms with Crippen molar-refractivity contribution in [2.45, 2.75) is 6.92 Å². The second-order valence-corrected chi connectivity index (χ2v) is 1.86. The molecule has 0 radical (unpaired) electrons. The normalized spacial score (nSPS) is 13.1. The molecule has 40 valence electrons. The van der Waals surface area contributed by atoms with Crippen LogP contribution in [-0.2, 0) is 0 Å². The lowest BCUT2D eigenvalue weighted by Gasteiger charge is -1.79. The van der Waals surface area contributed by atoms with Crippen LogP contribution in [0.15, 0.2) is 23.7 Å². The molecular formula is C5H10NP. The van der Waals surface area contributed by atoms with E-state index in [1.165, 1.54) is 0 Å². The zero-order chi connectivity index (χ0) is 5.70. The molecule has 0 aliphatic rings. The monoisotopic (exact) mass is 115 g/mol. The van der Waals surface area contributed by atoms with E-state index in [-0.39, 0.29) is 0 Å². The lowest BCUT2D eigenvalue weighted by Crippen LogP contribution is -1.82. The molecule has 0 amide bonds. The Morgan fingerprint density at radius 1 is 1.71 bits per heavy atom. The SMILES string of the molecule is C/C=C\C=C(/N)P. The molecule has 7 heavy (non-hydrogen) atoms. The maximum Gasteiger partial charge on any atom is 0.0254 e. The topological polar surface area (TPSA) is 26.0 Å². The minimum Gasteiger partial charge on any atom is -0.399 e. The third kappa shape index (κ3) is 5.71. The first-order valence-electron chi connectivity index (χ1n) is 2.11. The first-order chi connectivity index (χ1) is 3.27. The van der Waals surface area contributed by atoms with Gasteiger partial charge < -0.3 is 5.73 Å².